The molecule has 2 N–H and O–H groups in total. The van der Waals surface area contributed by atoms with Gasteiger partial charge in [-0.05, 0) is 44.0 Å². The van der Waals surface area contributed by atoms with E-state index in [1.54, 1.807) is 6.20 Å². The summed E-state index contributed by atoms with van der Waals surface area (Å²) in [6.07, 6.45) is 5.19. The molecule has 1 saturated heterocycles. The largest absolute Gasteiger partial charge is 0.357 e. The zero-order chi connectivity index (χ0) is 20.6. The van der Waals surface area contributed by atoms with E-state index in [1.165, 1.54) is 4.90 Å². The second-order valence-electron chi connectivity index (χ2n) is 6.96. The van der Waals surface area contributed by atoms with E-state index >= 15 is 0 Å². The quantitative estimate of drug-likeness (QED) is 0.252. The van der Waals surface area contributed by atoms with Crippen molar-refractivity contribution in [1.82, 2.24) is 25.3 Å². The first kappa shape index (κ1) is 23.8. The second kappa shape index (κ2) is 11.7. The Morgan fingerprint density at radius 1 is 1.23 bits per heavy atom. The van der Waals surface area contributed by atoms with Crippen molar-refractivity contribution in [3.05, 3.63) is 48.3 Å². The average Bonchev–Trinajstić information content (AvgIpc) is 3.25. The summed E-state index contributed by atoms with van der Waals surface area (Å²) in [6, 6.07) is 10.1. The lowest BCUT2D eigenvalue weighted by molar-refractivity contribution is -0.147. The molecule has 9 heteroatoms. The number of aliphatic imine (C=N–C) groups is 1. The van der Waals surface area contributed by atoms with Gasteiger partial charge in [0.2, 0.25) is 11.8 Å². The van der Waals surface area contributed by atoms with E-state index < -0.39 is 0 Å². The molecule has 8 nitrogen and oxygen atoms in total. The molecule has 1 fully saturated rings. The highest BCUT2D eigenvalue weighted by atomic mass is 127. The van der Waals surface area contributed by atoms with Gasteiger partial charge in [-0.15, -0.1) is 24.0 Å². The molecule has 30 heavy (non-hydrogen) atoms. The first-order valence-electron chi connectivity index (χ1n) is 10.1. The molecule has 1 atom stereocenters. The van der Waals surface area contributed by atoms with Gasteiger partial charge in [0.1, 0.15) is 0 Å². The number of carbonyl (C=O) groups excluding carboxylic acids is 2. The normalized spacial score (nSPS) is 15.5. The van der Waals surface area contributed by atoms with E-state index in [2.05, 4.69) is 39.8 Å². The van der Waals surface area contributed by atoms with E-state index in [9.17, 15) is 9.59 Å². The van der Waals surface area contributed by atoms with Crippen LogP contribution in [0.15, 0.2) is 47.7 Å². The van der Waals surface area contributed by atoms with Crippen LogP contribution in [-0.2, 0) is 9.59 Å². The third-order valence-electron chi connectivity index (χ3n) is 4.81. The summed E-state index contributed by atoms with van der Waals surface area (Å²) < 4.78 is 1.82. The van der Waals surface area contributed by atoms with Gasteiger partial charge in [0.25, 0.3) is 0 Å². The third-order valence-corrected chi connectivity index (χ3v) is 4.81. The predicted octanol–water partition coefficient (Wildman–Crippen LogP) is 2.65. The fourth-order valence-corrected chi connectivity index (χ4v) is 3.28. The second-order valence-corrected chi connectivity index (χ2v) is 6.96. The lowest BCUT2D eigenvalue weighted by Gasteiger charge is -2.24. The molecule has 0 spiro atoms. The van der Waals surface area contributed by atoms with Crippen LogP contribution in [0.3, 0.4) is 0 Å². The van der Waals surface area contributed by atoms with Gasteiger partial charge in [-0.2, -0.15) is 5.10 Å². The van der Waals surface area contributed by atoms with E-state index in [-0.39, 0.29) is 41.8 Å². The Balaban J connectivity index is 0.00000320. The van der Waals surface area contributed by atoms with Crippen molar-refractivity contribution in [2.45, 2.75) is 39.2 Å². The van der Waals surface area contributed by atoms with Gasteiger partial charge in [-0.3, -0.25) is 19.5 Å². The zero-order valence-corrected chi connectivity index (χ0v) is 19.7. The number of imide groups is 1. The van der Waals surface area contributed by atoms with Gasteiger partial charge in [-0.1, -0.05) is 12.1 Å². The maximum atomic E-state index is 11.9. The van der Waals surface area contributed by atoms with Crippen molar-refractivity contribution in [2.24, 2.45) is 4.99 Å². The summed E-state index contributed by atoms with van der Waals surface area (Å²) in [6.45, 7) is 5.46. The number of guanidine groups is 1. The number of carbonyl (C=O) groups is 2. The van der Waals surface area contributed by atoms with Crippen LogP contribution >= 0.6 is 24.0 Å². The molecule has 2 amide bonds. The Morgan fingerprint density at radius 2 is 2.00 bits per heavy atom. The molecule has 162 valence electrons. The topological polar surface area (TPSA) is 91.6 Å². The fraction of sp³-hybridized carbons (Fsp3) is 0.429. The van der Waals surface area contributed by atoms with Crippen LogP contribution in [0.4, 0.5) is 0 Å². The van der Waals surface area contributed by atoms with E-state index in [0.717, 1.165) is 11.3 Å². The number of nitrogens with one attached hydrogen (secondary N) is 2. The molecule has 0 radical (unpaired) electrons. The summed E-state index contributed by atoms with van der Waals surface area (Å²) in [7, 11) is 0. The molecule has 1 aromatic carbocycles. The Labute approximate surface area is 194 Å². The SMILES string of the molecule is CCNC(=NCCN1C(=O)CCCC1=O)NC(C)c1cccc(-n2cccn2)c1.I. The van der Waals surface area contributed by atoms with Crippen molar-refractivity contribution >= 4 is 41.8 Å². The van der Waals surface area contributed by atoms with Crippen LogP contribution in [0, 0.1) is 0 Å². The molecule has 1 aromatic heterocycles. The first-order valence-corrected chi connectivity index (χ1v) is 10.1. The maximum Gasteiger partial charge on any atom is 0.229 e. The summed E-state index contributed by atoms with van der Waals surface area (Å²) in [5, 5.41) is 10.9. The smallest absolute Gasteiger partial charge is 0.229 e. The average molecular weight is 524 g/mol. The number of nitrogens with zero attached hydrogens (tertiary/aromatic N) is 4. The number of aromatic nitrogens is 2. The van der Waals surface area contributed by atoms with Crippen molar-refractivity contribution < 1.29 is 9.59 Å². The number of piperidine rings is 1. The molecule has 2 heterocycles. The number of likely N-dealkylation sites (tertiary alicyclic amines) is 1. The number of rotatable bonds is 7. The Morgan fingerprint density at radius 3 is 2.67 bits per heavy atom. The number of hydrogen-bond donors (Lipinski definition) is 2. The minimum atomic E-state index is -0.0989. The maximum absolute atomic E-state index is 11.9. The van der Waals surface area contributed by atoms with Gasteiger partial charge < -0.3 is 10.6 Å². The Hall–Kier alpha value is -2.43. The summed E-state index contributed by atoms with van der Waals surface area (Å²) >= 11 is 0. The Kier molecular flexibility index (Phi) is 9.28. The fourth-order valence-electron chi connectivity index (χ4n) is 3.28. The van der Waals surface area contributed by atoms with Gasteiger partial charge in [0.05, 0.1) is 18.3 Å². The number of halogens is 1. The number of amides is 2. The lowest BCUT2D eigenvalue weighted by atomic mass is 10.1. The van der Waals surface area contributed by atoms with Gasteiger partial charge in [0, 0.05) is 38.3 Å². The summed E-state index contributed by atoms with van der Waals surface area (Å²) in [4.78, 5) is 29.7. The minimum absolute atomic E-state index is 0. The van der Waals surface area contributed by atoms with E-state index in [0.29, 0.717) is 44.9 Å². The van der Waals surface area contributed by atoms with Crippen molar-refractivity contribution in [2.75, 3.05) is 19.6 Å². The number of hydrogen-bond acceptors (Lipinski definition) is 4. The third kappa shape index (κ3) is 6.28. The van der Waals surface area contributed by atoms with Gasteiger partial charge in [-0.25, -0.2) is 4.68 Å². The molecule has 0 saturated carbocycles. The first-order chi connectivity index (χ1) is 14.1. The Bertz CT molecular complexity index is 852. The monoisotopic (exact) mass is 524 g/mol. The van der Waals surface area contributed by atoms with Crippen LogP contribution in [-0.4, -0.2) is 52.1 Å². The van der Waals surface area contributed by atoms with Crippen molar-refractivity contribution in [1.29, 1.82) is 0 Å². The molecule has 0 aliphatic carbocycles. The van der Waals surface area contributed by atoms with Crippen LogP contribution in [0.25, 0.3) is 5.69 Å². The van der Waals surface area contributed by atoms with E-state index in [4.69, 9.17) is 0 Å². The summed E-state index contributed by atoms with van der Waals surface area (Å²) in [5.74, 6) is 0.456. The highest BCUT2D eigenvalue weighted by molar-refractivity contribution is 14.0. The molecular formula is C21H29IN6O2. The van der Waals surface area contributed by atoms with Crippen LogP contribution < -0.4 is 10.6 Å². The van der Waals surface area contributed by atoms with Gasteiger partial charge in [0.15, 0.2) is 5.96 Å². The predicted molar refractivity (Wildman–Crippen MR) is 127 cm³/mol. The molecule has 1 unspecified atom stereocenters. The van der Waals surface area contributed by atoms with E-state index in [1.807, 2.05) is 36.0 Å². The summed E-state index contributed by atoms with van der Waals surface area (Å²) in [5.41, 5.74) is 2.09. The molecule has 1 aliphatic heterocycles. The van der Waals surface area contributed by atoms with Crippen LogP contribution in [0.5, 0.6) is 0 Å². The highest BCUT2D eigenvalue weighted by Gasteiger charge is 2.25. The molecular weight excluding hydrogens is 495 g/mol. The molecule has 2 aromatic rings. The van der Waals surface area contributed by atoms with Crippen LogP contribution in [0.1, 0.15) is 44.7 Å². The van der Waals surface area contributed by atoms with Crippen molar-refractivity contribution in [3.8, 4) is 5.69 Å². The van der Waals surface area contributed by atoms with Crippen LogP contribution in [0.2, 0.25) is 0 Å². The van der Waals surface area contributed by atoms with Gasteiger partial charge >= 0.3 is 0 Å². The number of benzene rings is 1. The standard InChI is InChI=1S/C21H28N6O2.HI/c1-3-22-21(23-12-14-26-19(28)9-5-10-20(26)29)25-16(2)17-7-4-8-18(15-17)27-13-6-11-24-27;/h4,6-8,11,13,15-16H,3,5,9-10,12,14H2,1-2H3,(H2,22,23,25);1H. The highest BCUT2D eigenvalue weighted by Crippen LogP contribution is 2.16. The lowest BCUT2D eigenvalue weighted by Crippen LogP contribution is -2.42. The van der Waals surface area contributed by atoms with Crippen molar-refractivity contribution in [3.63, 3.8) is 0 Å². The minimum Gasteiger partial charge on any atom is -0.357 e. The molecule has 0 bridgehead atoms. The zero-order valence-electron chi connectivity index (χ0n) is 17.4. The molecule has 3 rings (SSSR count). The molecule has 1 aliphatic rings.